The minimum atomic E-state index is -0.113. The van der Waals surface area contributed by atoms with E-state index in [1.54, 1.807) is 4.90 Å². The second-order valence-corrected chi connectivity index (χ2v) is 6.39. The second-order valence-electron chi connectivity index (χ2n) is 5.95. The van der Waals surface area contributed by atoms with Crippen molar-refractivity contribution in [3.8, 4) is 0 Å². The third kappa shape index (κ3) is 4.03. The van der Waals surface area contributed by atoms with E-state index in [-0.39, 0.29) is 18.0 Å². The van der Waals surface area contributed by atoms with E-state index in [0.29, 0.717) is 18.1 Å². The van der Waals surface area contributed by atoms with Gasteiger partial charge in [-0.15, -0.1) is 0 Å². The summed E-state index contributed by atoms with van der Waals surface area (Å²) >= 11 is 6.08. The molecule has 0 spiro atoms. The van der Waals surface area contributed by atoms with Crippen LogP contribution in [0.4, 0.5) is 10.5 Å². The van der Waals surface area contributed by atoms with Crippen LogP contribution in [0.25, 0.3) is 0 Å². The van der Waals surface area contributed by atoms with Crippen LogP contribution in [-0.2, 0) is 0 Å². The zero-order chi connectivity index (χ0) is 16.2. The summed E-state index contributed by atoms with van der Waals surface area (Å²) in [7, 11) is 0. The Morgan fingerprint density at radius 2 is 1.91 bits per heavy atom. The molecule has 1 aliphatic rings. The molecule has 1 fully saturated rings. The van der Waals surface area contributed by atoms with Gasteiger partial charge in [-0.25, -0.2) is 4.79 Å². The first kappa shape index (κ1) is 15.8. The van der Waals surface area contributed by atoms with Gasteiger partial charge in [0.1, 0.15) is 0 Å². The summed E-state index contributed by atoms with van der Waals surface area (Å²) in [6.07, 6.45) is 0.857. The lowest BCUT2D eigenvalue weighted by molar-refractivity contribution is 0.184. The molecule has 3 rings (SSSR count). The third-order valence-electron chi connectivity index (χ3n) is 4.12. The molecule has 23 heavy (non-hydrogen) atoms. The maximum absolute atomic E-state index is 12.5. The monoisotopic (exact) mass is 329 g/mol. The molecule has 0 saturated carbocycles. The molecular formula is C18H20ClN3O. The van der Waals surface area contributed by atoms with Crippen LogP contribution in [-0.4, -0.2) is 30.1 Å². The molecule has 2 atom stereocenters. The van der Waals surface area contributed by atoms with E-state index < -0.39 is 0 Å². The minimum absolute atomic E-state index is 0.0331. The van der Waals surface area contributed by atoms with Crippen molar-refractivity contribution in [1.29, 1.82) is 0 Å². The van der Waals surface area contributed by atoms with E-state index >= 15 is 0 Å². The minimum Gasteiger partial charge on any atom is -0.326 e. The maximum Gasteiger partial charge on any atom is 0.321 e. The molecule has 1 aliphatic heterocycles. The summed E-state index contributed by atoms with van der Waals surface area (Å²) in [5.74, 6) is 0.207. The van der Waals surface area contributed by atoms with E-state index in [1.165, 1.54) is 0 Å². The van der Waals surface area contributed by atoms with Crippen LogP contribution in [0.2, 0.25) is 5.02 Å². The Morgan fingerprint density at radius 1 is 1.13 bits per heavy atom. The number of carbonyl (C=O) groups is 1. The van der Waals surface area contributed by atoms with Gasteiger partial charge in [-0.05, 0) is 36.2 Å². The highest BCUT2D eigenvalue weighted by molar-refractivity contribution is 6.30. The van der Waals surface area contributed by atoms with Gasteiger partial charge in [0, 0.05) is 35.8 Å². The number of hydrogen-bond acceptors (Lipinski definition) is 2. The number of hydrogen-bond donors (Lipinski definition) is 2. The first-order chi connectivity index (χ1) is 11.1. The number of benzene rings is 2. The fraction of sp³-hybridized carbons (Fsp3) is 0.278. The molecule has 2 unspecified atom stereocenters. The molecule has 2 amide bonds. The van der Waals surface area contributed by atoms with Gasteiger partial charge in [-0.2, -0.15) is 0 Å². The van der Waals surface area contributed by atoms with Crippen molar-refractivity contribution in [3.05, 3.63) is 65.2 Å². The van der Waals surface area contributed by atoms with Gasteiger partial charge >= 0.3 is 6.03 Å². The SMILES string of the molecule is NC1CC(c2cccc(Cl)c2)CN(C(=O)Nc2ccccc2)C1. The van der Waals surface area contributed by atoms with Crippen LogP contribution >= 0.6 is 11.6 Å². The molecule has 5 heteroatoms. The summed E-state index contributed by atoms with van der Waals surface area (Å²) in [6, 6.07) is 17.1. The first-order valence-corrected chi connectivity index (χ1v) is 8.11. The topological polar surface area (TPSA) is 58.4 Å². The van der Waals surface area contributed by atoms with Gasteiger partial charge in [0.15, 0.2) is 0 Å². The predicted molar refractivity (Wildman–Crippen MR) is 93.8 cm³/mol. The van der Waals surface area contributed by atoms with Crippen molar-refractivity contribution in [2.24, 2.45) is 5.73 Å². The average molecular weight is 330 g/mol. The van der Waals surface area contributed by atoms with Crippen molar-refractivity contribution in [2.75, 3.05) is 18.4 Å². The lowest BCUT2D eigenvalue weighted by atomic mass is 9.88. The van der Waals surface area contributed by atoms with Gasteiger partial charge in [-0.1, -0.05) is 41.9 Å². The fourth-order valence-electron chi connectivity index (χ4n) is 3.03. The number of likely N-dealkylation sites (tertiary alicyclic amines) is 1. The molecular weight excluding hydrogens is 310 g/mol. The zero-order valence-corrected chi connectivity index (χ0v) is 13.5. The highest BCUT2D eigenvalue weighted by atomic mass is 35.5. The van der Waals surface area contributed by atoms with E-state index in [9.17, 15) is 4.79 Å². The number of nitrogens with one attached hydrogen (secondary N) is 1. The average Bonchev–Trinajstić information content (AvgIpc) is 2.55. The Bertz CT molecular complexity index is 677. The highest BCUT2D eigenvalue weighted by Crippen LogP contribution is 2.28. The molecule has 2 aromatic rings. The number of piperidine rings is 1. The van der Waals surface area contributed by atoms with E-state index in [1.807, 2.05) is 54.6 Å². The van der Waals surface area contributed by atoms with Gasteiger partial charge in [0.05, 0.1) is 0 Å². The number of amides is 2. The van der Waals surface area contributed by atoms with Crippen molar-refractivity contribution in [1.82, 2.24) is 4.90 Å². The number of anilines is 1. The van der Waals surface area contributed by atoms with Crippen LogP contribution in [0.3, 0.4) is 0 Å². The Hall–Kier alpha value is -2.04. The summed E-state index contributed by atoms with van der Waals surface area (Å²) in [6.45, 7) is 1.21. The molecule has 0 aromatic heterocycles. The number of para-hydroxylation sites is 1. The number of carbonyl (C=O) groups excluding carboxylic acids is 1. The summed E-state index contributed by atoms with van der Waals surface area (Å²) in [5, 5.41) is 3.63. The predicted octanol–water partition coefficient (Wildman–Crippen LogP) is 3.69. The Morgan fingerprint density at radius 3 is 2.65 bits per heavy atom. The van der Waals surface area contributed by atoms with Crippen LogP contribution in [0.1, 0.15) is 17.9 Å². The molecule has 120 valence electrons. The number of nitrogens with two attached hydrogens (primary N) is 1. The highest BCUT2D eigenvalue weighted by Gasteiger charge is 2.29. The molecule has 4 nitrogen and oxygen atoms in total. The van der Waals surface area contributed by atoms with Gasteiger partial charge in [-0.3, -0.25) is 0 Å². The molecule has 1 heterocycles. The largest absolute Gasteiger partial charge is 0.326 e. The van der Waals surface area contributed by atoms with Crippen molar-refractivity contribution in [3.63, 3.8) is 0 Å². The summed E-state index contributed by atoms with van der Waals surface area (Å²) < 4.78 is 0. The van der Waals surface area contributed by atoms with Crippen LogP contribution in [0, 0.1) is 0 Å². The molecule has 3 N–H and O–H groups in total. The molecule has 2 aromatic carbocycles. The maximum atomic E-state index is 12.5. The quantitative estimate of drug-likeness (QED) is 0.882. The molecule has 0 radical (unpaired) electrons. The van der Waals surface area contributed by atoms with Crippen LogP contribution in [0.5, 0.6) is 0 Å². The first-order valence-electron chi connectivity index (χ1n) is 7.74. The Kier molecular flexibility index (Phi) is 4.84. The van der Waals surface area contributed by atoms with E-state index in [4.69, 9.17) is 17.3 Å². The third-order valence-corrected chi connectivity index (χ3v) is 4.35. The van der Waals surface area contributed by atoms with Crippen LogP contribution in [0.15, 0.2) is 54.6 Å². The normalized spacial score (nSPS) is 21.0. The zero-order valence-electron chi connectivity index (χ0n) is 12.8. The lowest BCUT2D eigenvalue weighted by Gasteiger charge is -2.36. The van der Waals surface area contributed by atoms with Crippen molar-refractivity contribution < 1.29 is 4.79 Å². The second kappa shape index (κ2) is 7.02. The van der Waals surface area contributed by atoms with E-state index in [2.05, 4.69) is 5.32 Å². The summed E-state index contributed by atoms with van der Waals surface area (Å²) in [4.78, 5) is 14.3. The van der Waals surface area contributed by atoms with Gasteiger partial charge in [0.25, 0.3) is 0 Å². The number of halogens is 1. The summed E-state index contributed by atoms with van der Waals surface area (Å²) in [5.41, 5.74) is 8.09. The van der Waals surface area contributed by atoms with E-state index in [0.717, 1.165) is 17.7 Å². The molecule has 0 bridgehead atoms. The smallest absolute Gasteiger partial charge is 0.321 e. The lowest BCUT2D eigenvalue weighted by Crippen LogP contribution is -2.50. The van der Waals surface area contributed by atoms with Gasteiger partial charge in [0.2, 0.25) is 0 Å². The Balaban J connectivity index is 1.71. The number of rotatable bonds is 2. The molecule has 1 saturated heterocycles. The van der Waals surface area contributed by atoms with Crippen molar-refractivity contribution >= 4 is 23.3 Å². The van der Waals surface area contributed by atoms with Crippen LogP contribution < -0.4 is 11.1 Å². The molecule has 0 aliphatic carbocycles. The number of urea groups is 1. The van der Waals surface area contributed by atoms with Gasteiger partial charge < -0.3 is 16.0 Å². The Labute approximate surface area is 141 Å². The standard InChI is InChI=1S/C18H20ClN3O/c19-15-6-4-5-13(9-15)14-10-16(20)12-22(11-14)18(23)21-17-7-2-1-3-8-17/h1-9,14,16H,10-12,20H2,(H,21,23). The number of nitrogens with zero attached hydrogens (tertiary/aromatic N) is 1. The fourth-order valence-corrected chi connectivity index (χ4v) is 3.23. The van der Waals surface area contributed by atoms with Crippen molar-refractivity contribution in [2.45, 2.75) is 18.4 Å².